The summed E-state index contributed by atoms with van der Waals surface area (Å²) in [4.78, 5) is 16.3. The first-order chi connectivity index (χ1) is 10.3. The van der Waals surface area contributed by atoms with Crippen LogP contribution in [0, 0.1) is 0 Å². The molecule has 2 heterocycles. The van der Waals surface area contributed by atoms with Gasteiger partial charge in [-0.05, 0) is 49.3 Å². The Morgan fingerprint density at radius 2 is 1.95 bits per heavy atom. The predicted molar refractivity (Wildman–Crippen MR) is 85.7 cm³/mol. The van der Waals surface area contributed by atoms with Crippen molar-refractivity contribution in [2.75, 3.05) is 5.32 Å². The van der Waals surface area contributed by atoms with Gasteiger partial charge in [-0.3, -0.25) is 4.79 Å². The summed E-state index contributed by atoms with van der Waals surface area (Å²) in [6, 6.07) is 8.51. The minimum absolute atomic E-state index is 0.0531. The van der Waals surface area contributed by atoms with Crippen LogP contribution in [0.25, 0.3) is 0 Å². The summed E-state index contributed by atoms with van der Waals surface area (Å²) in [5, 5.41) is 10.4. The summed E-state index contributed by atoms with van der Waals surface area (Å²) >= 11 is 1.55. The highest BCUT2D eigenvalue weighted by molar-refractivity contribution is 7.08. The molecule has 1 aliphatic carbocycles. The Kier molecular flexibility index (Phi) is 4.50. The molecule has 2 aromatic heterocycles. The summed E-state index contributed by atoms with van der Waals surface area (Å²) in [6.45, 7) is 0. The predicted octanol–water partition coefficient (Wildman–Crippen LogP) is 3.30. The van der Waals surface area contributed by atoms with Crippen LogP contribution in [-0.4, -0.2) is 23.0 Å². The first-order valence-corrected chi connectivity index (χ1v) is 8.26. The van der Waals surface area contributed by atoms with Crippen molar-refractivity contribution in [3.8, 4) is 0 Å². The SMILES string of the molecule is O=C(NC1CCC(Nc2ccccn2)CC1)c1ccsc1. The maximum Gasteiger partial charge on any atom is 0.252 e. The maximum absolute atomic E-state index is 12.0. The van der Waals surface area contributed by atoms with Crippen LogP contribution in [0.3, 0.4) is 0 Å². The molecule has 5 heteroatoms. The van der Waals surface area contributed by atoms with Gasteiger partial charge in [0.25, 0.3) is 5.91 Å². The Bertz CT molecular complexity index is 562. The Morgan fingerprint density at radius 1 is 1.14 bits per heavy atom. The van der Waals surface area contributed by atoms with E-state index >= 15 is 0 Å². The Labute approximate surface area is 128 Å². The molecule has 0 unspecified atom stereocenters. The fourth-order valence-corrected chi connectivity index (χ4v) is 3.34. The maximum atomic E-state index is 12.0. The lowest BCUT2D eigenvalue weighted by atomic mass is 9.91. The van der Waals surface area contributed by atoms with Crippen molar-refractivity contribution >= 4 is 23.1 Å². The second kappa shape index (κ2) is 6.72. The molecule has 4 nitrogen and oxygen atoms in total. The molecule has 2 aromatic rings. The molecular weight excluding hydrogens is 282 g/mol. The lowest BCUT2D eigenvalue weighted by Crippen LogP contribution is -2.40. The third-order valence-electron chi connectivity index (χ3n) is 3.86. The largest absolute Gasteiger partial charge is 0.367 e. The van der Waals surface area contributed by atoms with Crippen molar-refractivity contribution in [3.05, 3.63) is 46.8 Å². The summed E-state index contributed by atoms with van der Waals surface area (Å²) < 4.78 is 0. The molecule has 110 valence electrons. The monoisotopic (exact) mass is 301 g/mol. The van der Waals surface area contributed by atoms with Crippen molar-refractivity contribution in [2.45, 2.75) is 37.8 Å². The summed E-state index contributed by atoms with van der Waals surface area (Å²) in [5.74, 6) is 0.987. The van der Waals surface area contributed by atoms with Crippen LogP contribution in [-0.2, 0) is 0 Å². The van der Waals surface area contributed by atoms with Gasteiger partial charge >= 0.3 is 0 Å². The highest BCUT2D eigenvalue weighted by Gasteiger charge is 2.22. The fraction of sp³-hybridized carbons (Fsp3) is 0.375. The standard InChI is InChI=1S/C16H19N3OS/c20-16(12-8-10-21-11-12)19-14-6-4-13(5-7-14)18-15-3-1-2-9-17-15/h1-3,8-11,13-14H,4-7H2,(H,17,18)(H,19,20). The van der Waals surface area contributed by atoms with Crippen molar-refractivity contribution < 1.29 is 4.79 Å². The van der Waals surface area contributed by atoms with E-state index in [1.54, 1.807) is 17.5 Å². The lowest BCUT2D eigenvalue weighted by molar-refractivity contribution is 0.0927. The second-order valence-corrected chi connectivity index (χ2v) is 6.17. The number of hydrogen-bond acceptors (Lipinski definition) is 4. The van der Waals surface area contributed by atoms with E-state index < -0.39 is 0 Å². The number of nitrogens with one attached hydrogen (secondary N) is 2. The smallest absolute Gasteiger partial charge is 0.252 e. The second-order valence-electron chi connectivity index (χ2n) is 5.39. The van der Waals surface area contributed by atoms with Gasteiger partial charge in [0.2, 0.25) is 0 Å². The summed E-state index contributed by atoms with van der Waals surface area (Å²) in [5.41, 5.74) is 0.772. The van der Waals surface area contributed by atoms with Gasteiger partial charge < -0.3 is 10.6 Å². The molecule has 0 saturated heterocycles. The average Bonchev–Trinajstić information content (AvgIpc) is 3.05. The highest BCUT2D eigenvalue weighted by atomic mass is 32.1. The first-order valence-electron chi connectivity index (χ1n) is 7.32. The zero-order valence-corrected chi connectivity index (χ0v) is 12.6. The molecular formula is C16H19N3OS. The number of amides is 1. The third kappa shape index (κ3) is 3.82. The van der Waals surface area contributed by atoms with Crippen LogP contribution >= 0.6 is 11.3 Å². The molecule has 1 amide bonds. The quantitative estimate of drug-likeness (QED) is 0.911. The lowest BCUT2D eigenvalue weighted by Gasteiger charge is -2.29. The molecule has 0 aliphatic heterocycles. The number of rotatable bonds is 4. The van der Waals surface area contributed by atoms with Crippen LogP contribution in [0.2, 0.25) is 0 Å². The summed E-state index contributed by atoms with van der Waals surface area (Å²) in [6.07, 6.45) is 5.95. The van der Waals surface area contributed by atoms with Gasteiger partial charge in [-0.25, -0.2) is 4.98 Å². The first kappa shape index (κ1) is 14.1. The van der Waals surface area contributed by atoms with Crippen LogP contribution in [0.5, 0.6) is 0 Å². The van der Waals surface area contributed by atoms with E-state index in [9.17, 15) is 4.79 Å². The minimum atomic E-state index is 0.0531. The fourth-order valence-electron chi connectivity index (χ4n) is 2.70. The van der Waals surface area contributed by atoms with Crippen molar-refractivity contribution in [2.24, 2.45) is 0 Å². The average molecular weight is 301 g/mol. The van der Waals surface area contributed by atoms with Crippen LogP contribution in [0.15, 0.2) is 41.2 Å². The van der Waals surface area contributed by atoms with E-state index in [0.717, 1.165) is 37.1 Å². The van der Waals surface area contributed by atoms with Crippen molar-refractivity contribution in [1.29, 1.82) is 0 Å². The molecule has 0 bridgehead atoms. The zero-order valence-electron chi connectivity index (χ0n) is 11.8. The Hall–Kier alpha value is -1.88. The van der Waals surface area contributed by atoms with Crippen LogP contribution in [0.1, 0.15) is 36.0 Å². The number of aromatic nitrogens is 1. The number of carbonyl (C=O) groups excluding carboxylic acids is 1. The number of hydrogen-bond donors (Lipinski definition) is 2. The molecule has 3 rings (SSSR count). The number of carbonyl (C=O) groups is 1. The molecule has 0 radical (unpaired) electrons. The Balaban J connectivity index is 1.46. The van der Waals surface area contributed by atoms with Gasteiger partial charge in [-0.2, -0.15) is 11.3 Å². The van der Waals surface area contributed by atoms with E-state index in [1.807, 2.05) is 35.0 Å². The van der Waals surface area contributed by atoms with E-state index in [2.05, 4.69) is 15.6 Å². The van der Waals surface area contributed by atoms with Gasteiger partial charge in [0.05, 0.1) is 0 Å². The molecule has 21 heavy (non-hydrogen) atoms. The number of nitrogens with zero attached hydrogens (tertiary/aromatic N) is 1. The van der Waals surface area contributed by atoms with E-state index in [4.69, 9.17) is 0 Å². The van der Waals surface area contributed by atoms with Crippen molar-refractivity contribution in [1.82, 2.24) is 10.3 Å². The summed E-state index contributed by atoms with van der Waals surface area (Å²) in [7, 11) is 0. The molecule has 0 spiro atoms. The van der Waals surface area contributed by atoms with Gasteiger partial charge in [0.15, 0.2) is 0 Å². The van der Waals surface area contributed by atoms with Gasteiger partial charge in [-0.15, -0.1) is 0 Å². The number of thiophene rings is 1. The molecule has 0 atom stereocenters. The topological polar surface area (TPSA) is 54.0 Å². The normalized spacial score (nSPS) is 21.7. The van der Waals surface area contributed by atoms with Crippen LogP contribution in [0.4, 0.5) is 5.82 Å². The van der Waals surface area contributed by atoms with E-state index in [1.165, 1.54) is 0 Å². The van der Waals surface area contributed by atoms with Crippen molar-refractivity contribution in [3.63, 3.8) is 0 Å². The third-order valence-corrected chi connectivity index (χ3v) is 4.55. The number of pyridine rings is 1. The minimum Gasteiger partial charge on any atom is -0.367 e. The highest BCUT2D eigenvalue weighted by Crippen LogP contribution is 2.22. The van der Waals surface area contributed by atoms with E-state index in [0.29, 0.717) is 12.1 Å². The molecule has 1 saturated carbocycles. The number of anilines is 1. The van der Waals surface area contributed by atoms with E-state index in [-0.39, 0.29) is 5.91 Å². The van der Waals surface area contributed by atoms with Gasteiger partial charge in [-0.1, -0.05) is 6.07 Å². The molecule has 1 fully saturated rings. The molecule has 2 N–H and O–H groups in total. The zero-order chi connectivity index (χ0) is 14.5. The molecule has 1 aliphatic rings. The van der Waals surface area contributed by atoms with Gasteiger partial charge in [0.1, 0.15) is 5.82 Å². The van der Waals surface area contributed by atoms with Crippen LogP contribution < -0.4 is 10.6 Å². The Morgan fingerprint density at radius 3 is 2.62 bits per heavy atom. The molecule has 0 aromatic carbocycles. The van der Waals surface area contributed by atoms with Gasteiger partial charge in [0, 0.05) is 29.2 Å².